The first-order valence-electron chi connectivity index (χ1n) is 5.15. The second-order valence-corrected chi connectivity index (χ2v) is 4.69. The highest BCUT2D eigenvalue weighted by atomic mass is 16.5. The van der Waals surface area contributed by atoms with Gasteiger partial charge in [-0.25, -0.2) is 0 Å². The van der Waals surface area contributed by atoms with E-state index in [1.54, 1.807) is 6.07 Å². The van der Waals surface area contributed by atoms with E-state index < -0.39 is 0 Å². The van der Waals surface area contributed by atoms with Crippen LogP contribution in [0.15, 0.2) is 16.9 Å². The molecule has 90 valence electrons. The Kier molecular flexibility index (Phi) is 4.06. The summed E-state index contributed by atoms with van der Waals surface area (Å²) in [5.41, 5.74) is 0.551. The van der Waals surface area contributed by atoms with Gasteiger partial charge in [-0.2, -0.15) is 0 Å². The van der Waals surface area contributed by atoms with Crippen LogP contribution >= 0.6 is 0 Å². The zero-order chi connectivity index (χ0) is 12.2. The van der Waals surface area contributed by atoms with Gasteiger partial charge in [0.1, 0.15) is 12.3 Å². The van der Waals surface area contributed by atoms with Gasteiger partial charge in [0.25, 0.3) is 0 Å². The number of hydrogen-bond donors (Lipinski definition) is 1. The van der Waals surface area contributed by atoms with Crippen molar-refractivity contribution < 1.29 is 14.1 Å². The maximum Gasteiger partial charge on any atom is 0.323 e. The highest BCUT2D eigenvalue weighted by molar-refractivity contribution is 5.76. The Hall–Kier alpha value is -1.36. The van der Waals surface area contributed by atoms with Gasteiger partial charge < -0.3 is 9.26 Å². The average Bonchev–Trinajstić information content (AvgIpc) is 2.68. The molecule has 0 spiro atoms. The highest BCUT2D eigenvalue weighted by Crippen LogP contribution is 2.20. The molecule has 0 amide bonds. The van der Waals surface area contributed by atoms with Gasteiger partial charge >= 0.3 is 5.97 Å². The third kappa shape index (κ3) is 3.34. The minimum absolute atomic E-state index is 0.211. The van der Waals surface area contributed by atoms with E-state index >= 15 is 0 Å². The third-order valence-corrected chi connectivity index (χ3v) is 2.28. The van der Waals surface area contributed by atoms with Crippen LogP contribution in [0.2, 0.25) is 0 Å². The van der Waals surface area contributed by atoms with Gasteiger partial charge in [-0.3, -0.25) is 10.1 Å². The molecule has 0 fully saturated rings. The SMILES string of the molecule is COC(=O)[C@H](NCc1ccon1)C(C)(C)C. The summed E-state index contributed by atoms with van der Waals surface area (Å²) in [6, 6.07) is 1.39. The molecule has 1 heterocycles. The van der Waals surface area contributed by atoms with E-state index in [0.29, 0.717) is 6.54 Å². The summed E-state index contributed by atoms with van der Waals surface area (Å²) in [7, 11) is 1.39. The largest absolute Gasteiger partial charge is 0.468 e. The standard InChI is InChI=1S/C11H18N2O3/c1-11(2,3)9(10(14)15-4)12-7-8-5-6-16-13-8/h5-6,9,12H,7H2,1-4H3/t9-/m0/s1. The lowest BCUT2D eigenvalue weighted by molar-refractivity contribution is -0.146. The Morgan fingerprint density at radius 1 is 1.62 bits per heavy atom. The molecule has 1 N–H and O–H groups in total. The molecule has 5 nitrogen and oxygen atoms in total. The molecule has 0 saturated heterocycles. The minimum Gasteiger partial charge on any atom is -0.468 e. The molecule has 0 aromatic carbocycles. The lowest BCUT2D eigenvalue weighted by Gasteiger charge is -2.28. The number of nitrogens with zero attached hydrogens (tertiary/aromatic N) is 1. The number of hydrogen-bond acceptors (Lipinski definition) is 5. The van der Waals surface area contributed by atoms with E-state index in [-0.39, 0.29) is 17.4 Å². The van der Waals surface area contributed by atoms with Gasteiger partial charge in [0.15, 0.2) is 0 Å². The van der Waals surface area contributed by atoms with Crippen molar-refractivity contribution in [3.8, 4) is 0 Å². The summed E-state index contributed by atoms with van der Waals surface area (Å²) in [6.07, 6.45) is 1.50. The second-order valence-electron chi connectivity index (χ2n) is 4.69. The van der Waals surface area contributed by atoms with Gasteiger partial charge in [0, 0.05) is 12.6 Å². The van der Waals surface area contributed by atoms with Crippen molar-refractivity contribution in [2.45, 2.75) is 33.4 Å². The predicted molar refractivity (Wildman–Crippen MR) is 58.6 cm³/mol. The molecule has 1 atom stereocenters. The minimum atomic E-state index is -0.366. The van der Waals surface area contributed by atoms with E-state index in [2.05, 4.69) is 10.5 Å². The Morgan fingerprint density at radius 2 is 2.31 bits per heavy atom. The zero-order valence-electron chi connectivity index (χ0n) is 10.1. The fourth-order valence-corrected chi connectivity index (χ4v) is 1.40. The molecule has 0 bridgehead atoms. The van der Waals surface area contributed by atoms with Crippen molar-refractivity contribution in [1.29, 1.82) is 0 Å². The maximum absolute atomic E-state index is 11.6. The first-order valence-corrected chi connectivity index (χ1v) is 5.15. The summed E-state index contributed by atoms with van der Waals surface area (Å²) in [5.74, 6) is -0.268. The van der Waals surface area contributed by atoms with Crippen molar-refractivity contribution >= 4 is 5.97 Å². The van der Waals surface area contributed by atoms with E-state index in [1.165, 1.54) is 13.4 Å². The lowest BCUT2D eigenvalue weighted by atomic mass is 9.86. The monoisotopic (exact) mass is 226 g/mol. The number of methoxy groups -OCH3 is 1. The molecule has 0 aliphatic rings. The molecule has 1 rings (SSSR count). The first-order chi connectivity index (χ1) is 7.45. The van der Waals surface area contributed by atoms with E-state index in [4.69, 9.17) is 9.26 Å². The molecule has 0 aliphatic carbocycles. The quantitative estimate of drug-likeness (QED) is 0.785. The van der Waals surface area contributed by atoms with E-state index in [0.717, 1.165) is 5.69 Å². The molecule has 0 aliphatic heterocycles. The number of esters is 1. The van der Waals surface area contributed by atoms with Gasteiger partial charge in [-0.15, -0.1) is 0 Å². The Labute approximate surface area is 95.1 Å². The Balaban J connectivity index is 2.61. The second kappa shape index (κ2) is 5.12. The molecule has 16 heavy (non-hydrogen) atoms. The number of carbonyl (C=O) groups is 1. The van der Waals surface area contributed by atoms with Gasteiger partial charge in [-0.1, -0.05) is 25.9 Å². The van der Waals surface area contributed by atoms with Crippen molar-refractivity contribution in [3.63, 3.8) is 0 Å². The number of carbonyl (C=O) groups excluding carboxylic acids is 1. The van der Waals surface area contributed by atoms with Crippen molar-refractivity contribution in [1.82, 2.24) is 10.5 Å². The van der Waals surface area contributed by atoms with Crippen LogP contribution in [0.3, 0.4) is 0 Å². The summed E-state index contributed by atoms with van der Waals surface area (Å²) < 4.78 is 9.48. The summed E-state index contributed by atoms with van der Waals surface area (Å²) in [6.45, 7) is 6.41. The van der Waals surface area contributed by atoms with E-state index in [9.17, 15) is 4.79 Å². The Morgan fingerprint density at radius 3 is 2.75 bits per heavy atom. The number of rotatable bonds is 4. The Bertz CT molecular complexity index is 327. The molecule has 1 aromatic rings. The van der Waals surface area contributed by atoms with Crippen LogP contribution in [-0.4, -0.2) is 24.3 Å². The van der Waals surface area contributed by atoms with Gasteiger partial charge in [-0.05, 0) is 5.41 Å². The van der Waals surface area contributed by atoms with Crippen LogP contribution in [-0.2, 0) is 16.1 Å². The van der Waals surface area contributed by atoms with Crippen molar-refractivity contribution in [3.05, 3.63) is 18.0 Å². The number of nitrogens with one attached hydrogen (secondary N) is 1. The van der Waals surface area contributed by atoms with Gasteiger partial charge in [0.2, 0.25) is 0 Å². The summed E-state index contributed by atoms with van der Waals surface area (Å²) in [5, 5.41) is 6.88. The predicted octanol–water partition coefficient (Wildman–Crippen LogP) is 1.35. The molecule has 0 saturated carbocycles. The van der Waals surface area contributed by atoms with Gasteiger partial charge in [0.05, 0.1) is 12.8 Å². The summed E-state index contributed by atoms with van der Waals surface area (Å²) >= 11 is 0. The smallest absolute Gasteiger partial charge is 0.323 e. The topological polar surface area (TPSA) is 64.4 Å². The van der Waals surface area contributed by atoms with Crippen LogP contribution in [0, 0.1) is 5.41 Å². The summed E-state index contributed by atoms with van der Waals surface area (Å²) in [4.78, 5) is 11.6. The van der Waals surface area contributed by atoms with E-state index in [1.807, 2.05) is 20.8 Å². The van der Waals surface area contributed by atoms with Crippen molar-refractivity contribution in [2.75, 3.05) is 7.11 Å². The molecular formula is C11H18N2O3. The zero-order valence-corrected chi connectivity index (χ0v) is 10.1. The molecule has 0 unspecified atom stereocenters. The average molecular weight is 226 g/mol. The first kappa shape index (κ1) is 12.7. The fraction of sp³-hybridized carbons (Fsp3) is 0.636. The van der Waals surface area contributed by atoms with Crippen LogP contribution in [0.25, 0.3) is 0 Å². The molecular weight excluding hydrogens is 208 g/mol. The maximum atomic E-state index is 11.6. The number of aromatic nitrogens is 1. The van der Waals surface area contributed by atoms with Crippen LogP contribution in [0.5, 0.6) is 0 Å². The highest BCUT2D eigenvalue weighted by Gasteiger charge is 2.31. The third-order valence-electron chi connectivity index (χ3n) is 2.28. The number of ether oxygens (including phenoxy) is 1. The molecule has 1 aromatic heterocycles. The normalized spacial score (nSPS) is 13.5. The van der Waals surface area contributed by atoms with Crippen LogP contribution in [0.1, 0.15) is 26.5 Å². The lowest BCUT2D eigenvalue weighted by Crippen LogP contribution is -2.46. The molecule has 5 heteroatoms. The van der Waals surface area contributed by atoms with Crippen LogP contribution in [0.4, 0.5) is 0 Å². The molecule has 0 radical (unpaired) electrons. The van der Waals surface area contributed by atoms with Crippen LogP contribution < -0.4 is 5.32 Å². The van der Waals surface area contributed by atoms with Crippen molar-refractivity contribution in [2.24, 2.45) is 5.41 Å². The fourth-order valence-electron chi connectivity index (χ4n) is 1.40.